The first kappa shape index (κ1) is 13.5. The lowest BCUT2D eigenvalue weighted by molar-refractivity contribution is -0.125. The van der Waals surface area contributed by atoms with Crippen LogP contribution in [-0.2, 0) is 4.79 Å². The van der Waals surface area contributed by atoms with Crippen molar-refractivity contribution in [1.29, 1.82) is 0 Å². The third-order valence-electron chi connectivity index (χ3n) is 3.18. The second-order valence-electron chi connectivity index (χ2n) is 5.09. The molecule has 0 aromatic heterocycles. The molecule has 0 aromatic rings. The van der Waals surface area contributed by atoms with Crippen molar-refractivity contribution in [2.24, 2.45) is 5.92 Å². The molecule has 1 fully saturated rings. The molecule has 0 heterocycles. The molecule has 1 aliphatic rings. The molecule has 3 heteroatoms. The van der Waals surface area contributed by atoms with Gasteiger partial charge in [0.15, 0.2) is 0 Å². The van der Waals surface area contributed by atoms with E-state index in [0.29, 0.717) is 12.0 Å². The van der Waals surface area contributed by atoms with Gasteiger partial charge in [0, 0.05) is 18.5 Å². The predicted molar refractivity (Wildman–Crippen MR) is 67.3 cm³/mol. The molecule has 2 N–H and O–H groups in total. The van der Waals surface area contributed by atoms with E-state index in [1.165, 1.54) is 19.3 Å². The summed E-state index contributed by atoms with van der Waals surface area (Å²) in [6.07, 6.45) is 6.98. The zero-order chi connectivity index (χ0) is 11.8. The Bertz CT molecular complexity index is 198. The fraction of sp³-hybridized carbons (Fsp3) is 0.923. The van der Waals surface area contributed by atoms with Gasteiger partial charge in [0.05, 0.1) is 0 Å². The zero-order valence-electron chi connectivity index (χ0n) is 10.7. The van der Waals surface area contributed by atoms with Gasteiger partial charge in [0.2, 0.25) is 5.91 Å². The summed E-state index contributed by atoms with van der Waals surface area (Å²) in [6, 6.07) is 0.536. The third kappa shape index (κ3) is 5.50. The molecule has 1 aliphatic carbocycles. The SMILES string of the molecule is CC(C)NCCCNC(=O)C1CCCCC1. The maximum Gasteiger partial charge on any atom is 0.223 e. The lowest BCUT2D eigenvalue weighted by atomic mass is 9.89. The molecule has 0 saturated heterocycles. The van der Waals surface area contributed by atoms with Crippen LogP contribution >= 0.6 is 0 Å². The molecule has 94 valence electrons. The summed E-state index contributed by atoms with van der Waals surface area (Å²) in [5.74, 6) is 0.580. The van der Waals surface area contributed by atoms with Crippen LogP contribution < -0.4 is 10.6 Å². The Balaban J connectivity index is 2.01. The van der Waals surface area contributed by atoms with Gasteiger partial charge in [-0.15, -0.1) is 0 Å². The van der Waals surface area contributed by atoms with Crippen LogP contribution in [0.25, 0.3) is 0 Å². The van der Waals surface area contributed by atoms with Crippen LogP contribution in [-0.4, -0.2) is 25.0 Å². The first-order chi connectivity index (χ1) is 7.70. The Hall–Kier alpha value is -0.570. The fourth-order valence-electron chi connectivity index (χ4n) is 2.20. The van der Waals surface area contributed by atoms with E-state index < -0.39 is 0 Å². The van der Waals surface area contributed by atoms with Gasteiger partial charge in [-0.2, -0.15) is 0 Å². The largest absolute Gasteiger partial charge is 0.356 e. The highest BCUT2D eigenvalue weighted by molar-refractivity contribution is 5.78. The second-order valence-corrected chi connectivity index (χ2v) is 5.09. The molecule has 0 bridgehead atoms. The monoisotopic (exact) mass is 226 g/mol. The van der Waals surface area contributed by atoms with E-state index in [-0.39, 0.29) is 5.91 Å². The Kier molecular flexibility index (Phi) is 6.46. The molecule has 0 aliphatic heterocycles. The van der Waals surface area contributed by atoms with E-state index in [9.17, 15) is 4.79 Å². The average molecular weight is 226 g/mol. The minimum absolute atomic E-state index is 0.282. The van der Waals surface area contributed by atoms with Crippen molar-refractivity contribution in [2.45, 2.75) is 58.4 Å². The summed E-state index contributed by atoms with van der Waals surface area (Å²) >= 11 is 0. The number of amides is 1. The van der Waals surface area contributed by atoms with Gasteiger partial charge >= 0.3 is 0 Å². The number of nitrogens with one attached hydrogen (secondary N) is 2. The Morgan fingerprint density at radius 3 is 2.50 bits per heavy atom. The Morgan fingerprint density at radius 2 is 1.88 bits per heavy atom. The standard InChI is InChI=1S/C13H26N2O/c1-11(2)14-9-6-10-15-13(16)12-7-4-3-5-8-12/h11-12,14H,3-10H2,1-2H3,(H,15,16). The zero-order valence-corrected chi connectivity index (χ0v) is 10.7. The van der Waals surface area contributed by atoms with E-state index in [2.05, 4.69) is 24.5 Å². The summed E-state index contributed by atoms with van der Waals surface area (Å²) in [5.41, 5.74) is 0. The van der Waals surface area contributed by atoms with Crippen LogP contribution in [0.2, 0.25) is 0 Å². The third-order valence-corrected chi connectivity index (χ3v) is 3.18. The fourth-order valence-corrected chi connectivity index (χ4v) is 2.20. The van der Waals surface area contributed by atoms with Crippen molar-refractivity contribution < 1.29 is 4.79 Å². The van der Waals surface area contributed by atoms with Crippen LogP contribution in [0, 0.1) is 5.92 Å². The number of hydrogen-bond donors (Lipinski definition) is 2. The molecule has 0 atom stereocenters. The van der Waals surface area contributed by atoms with Crippen LogP contribution in [0.15, 0.2) is 0 Å². The molecule has 0 radical (unpaired) electrons. The topological polar surface area (TPSA) is 41.1 Å². The van der Waals surface area contributed by atoms with Crippen LogP contribution in [0.5, 0.6) is 0 Å². The number of carbonyl (C=O) groups excluding carboxylic acids is 1. The predicted octanol–water partition coefficient (Wildman–Crippen LogP) is 2.07. The summed E-state index contributed by atoms with van der Waals surface area (Å²) in [6.45, 7) is 6.08. The van der Waals surface area contributed by atoms with Crippen molar-refractivity contribution >= 4 is 5.91 Å². The maximum absolute atomic E-state index is 11.8. The summed E-state index contributed by atoms with van der Waals surface area (Å²) in [7, 11) is 0. The van der Waals surface area contributed by atoms with Crippen LogP contribution in [0.4, 0.5) is 0 Å². The summed E-state index contributed by atoms with van der Waals surface area (Å²) < 4.78 is 0. The smallest absolute Gasteiger partial charge is 0.223 e. The quantitative estimate of drug-likeness (QED) is 0.681. The summed E-state index contributed by atoms with van der Waals surface area (Å²) in [4.78, 5) is 11.8. The van der Waals surface area contributed by atoms with Gasteiger partial charge in [0.25, 0.3) is 0 Å². The van der Waals surface area contributed by atoms with E-state index in [4.69, 9.17) is 0 Å². The minimum atomic E-state index is 0.282. The molecular weight excluding hydrogens is 200 g/mol. The molecular formula is C13H26N2O. The van der Waals surface area contributed by atoms with Crippen molar-refractivity contribution in [1.82, 2.24) is 10.6 Å². The van der Waals surface area contributed by atoms with Crippen molar-refractivity contribution in [3.63, 3.8) is 0 Å². The normalized spacial score (nSPS) is 17.7. The van der Waals surface area contributed by atoms with Gasteiger partial charge < -0.3 is 10.6 Å². The maximum atomic E-state index is 11.8. The van der Waals surface area contributed by atoms with Crippen LogP contribution in [0.3, 0.4) is 0 Å². The highest BCUT2D eigenvalue weighted by atomic mass is 16.1. The van der Waals surface area contributed by atoms with Gasteiger partial charge in [0.1, 0.15) is 0 Å². The number of rotatable bonds is 6. The lowest BCUT2D eigenvalue weighted by Gasteiger charge is -2.20. The first-order valence-electron chi connectivity index (χ1n) is 6.71. The van der Waals surface area contributed by atoms with Gasteiger partial charge in [-0.25, -0.2) is 0 Å². The Morgan fingerprint density at radius 1 is 1.19 bits per heavy atom. The van der Waals surface area contributed by atoms with E-state index in [0.717, 1.165) is 32.4 Å². The molecule has 1 amide bonds. The van der Waals surface area contributed by atoms with Crippen molar-refractivity contribution in [3.8, 4) is 0 Å². The lowest BCUT2D eigenvalue weighted by Crippen LogP contribution is -2.34. The highest BCUT2D eigenvalue weighted by Crippen LogP contribution is 2.23. The number of carbonyl (C=O) groups is 1. The highest BCUT2D eigenvalue weighted by Gasteiger charge is 2.20. The minimum Gasteiger partial charge on any atom is -0.356 e. The van der Waals surface area contributed by atoms with E-state index in [1.54, 1.807) is 0 Å². The first-order valence-corrected chi connectivity index (χ1v) is 6.71. The van der Waals surface area contributed by atoms with Gasteiger partial charge in [-0.1, -0.05) is 33.1 Å². The molecule has 3 nitrogen and oxygen atoms in total. The molecule has 16 heavy (non-hydrogen) atoms. The van der Waals surface area contributed by atoms with Gasteiger partial charge in [-0.05, 0) is 25.8 Å². The molecule has 1 saturated carbocycles. The van der Waals surface area contributed by atoms with Gasteiger partial charge in [-0.3, -0.25) is 4.79 Å². The second kappa shape index (κ2) is 7.66. The molecule has 0 spiro atoms. The number of hydrogen-bond acceptors (Lipinski definition) is 2. The van der Waals surface area contributed by atoms with E-state index >= 15 is 0 Å². The average Bonchev–Trinajstić information content (AvgIpc) is 2.29. The van der Waals surface area contributed by atoms with Crippen molar-refractivity contribution in [2.75, 3.05) is 13.1 Å². The van der Waals surface area contributed by atoms with E-state index in [1.807, 2.05) is 0 Å². The molecule has 0 aromatic carbocycles. The van der Waals surface area contributed by atoms with Crippen molar-refractivity contribution in [3.05, 3.63) is 0 Å². The Labute approximate surface area is 99.4 Å². The summed E-state index contributed by atoms with van der Waals surface area (Å²) in [5, 5.41) is 6.39. The molecule has 1 rings (SSSR count). The molecule has 0 unspecified atom stereocenters. The van der Waals surface area contributed by atoms with Crippen LogP contribution in [0.1, 0.15) is 52.4 Å².